The number of ether oxygens (including phenoxy) is 1. The van der Waals surface area contributed by atoms with Crippen LogP contribution in [0.15, 0.2) is 36.4 Å². The summed E-state index contributed by atoms with van der Waals surface area (Å²) in [5, 5.41) is 0.738. The maximum atomic E-state index is 13.3. The molecule has 0 saturated heterocycles. The van der Waals surface area contributed by atoms with E-state index in [-0.39, 0.29) is 11.6 Å². The van der Waals surface area contributed by atoms with Crippen molar-refractivity contribution in [2.24, 2.45) is 5.73 Å². The van der Waals surface area contributed by atoms with Gasteiger partial charge in [0.1, 0.15) is 18.2 Å². The van der Waals surface area contributed by atoms with E-state index in [2.05, 4.69) is 0 Å². The molecule has 0 spiro atoms. The number of halogens is 3. The van der Waals surface area contributed by atoms with Gasteiger partial charge in [-0.3, -0.25) is 0 Å². The number of hydrogen-bond donors (Lipinski definition) is 1. The molecular weight excluding hydrogens is 300 g/mol. The summed E-state index contributed by atoms with van der Waals surface area (Å²) in [6, 6.07) is 9.97. The van der Waals surface area contributed by atoms with E-state index in [1.165, 1.54) is 12.1 Å². The average molecular weight is 314 g/mol. The van der Waals surface area contributed by atoms with Gasteiger partial charge in [0.15, 0.2) is 0 Å². The standard InChI is InChI=1S/C15H14Cl2FNO/c16-12-2-4-15(11(8-12)5-6-19)20-9-10-1-3-13(17)14(18)7-10/h1-4,7-8H,5-6,9,19H2. The third-order valence-electron chi connectivity index (χ3n) is 2.81. The van der Waals surface area contributed by atoms with Gasteiger partial charge in [-0.15, -0.1) is 0 Å². The predicted octanol–water partition coefficient (Wildman–Crippen LogP) is 4.21. The van der Waals surface area contributed by atoms with Gasteiger partial charge in [-0.25, -0.2) is 4.39 Å². The Morgan fingerprint density at radius 1 is 1.10 bits per heavy atom. The highest BCUT2D eigenvalue weighted by Gasteiger charge is 2.06. The zero-order valence-electron chi connectivity index (χ0n) is 10.7. The SMILES string of the molecule is NCCc1cc(Cl)ccc1OCc1ccc(Cl)c(F)c1. The van der Waals surface area contributed by atoms with Gasteiger partial charge in [0, 0.05) is 5.02 Å². The third-order valence-corrected chi connectivity index (χ3v) is 3.36. The molecule has 106 valence electrons. The van der Waals surface area contributed by atoms with Crippen LogP contribution in [0, 0.1) is 5.82 Å². The summed E-state index contributed by atoms with van der Waals surface area (Å²) in [7, 11) is 0. The Balaban J connectivity index is 2.11. The summed E-state index contributed by atoms with van der Waals surface area (Å²) < 4.78 is 19.0. The molecule has 2 aromatic carbocycles. The molecule has 0 radical (unpaired) electrons. The zero-order valence-corrected chi connectivity index (χ0v) is 12.2. The van der Waals surface area contributed by atoms with Crippen LogP contribution in [0.4, 0.5) is 4.39 Å². The van der Waals surface area contributed by atoms with Crippen molar-refractivity contribution in [3.8, 4) is 5.75 Å². The minimum absolute atomic E-state index is 0.101. The van der Waals surface area contributed by atoms with Gasteiger partial charge in [-0.05, 0) is 54.4 Å². The van der Waals surface area contributed by atoms with Crippen LogP contribution in [0.25, 0.3) is 0 Å². The van der Waals surface area contributed by atoms with Gasteiger partial charge in [-0.2, -0.15) is 0 Å². The second-order valence-corrected chi connectivity index (χ2v) is 5.17. The summed E-state index contributed by atoms with van der Waals surface area (Å²) >= 11 is 11.6. The molecule has 0 aromatic heterocycles. The fourth-order valence-electron chi connectivity index (χ4n) is 1.83. The van der Waals surface area contributed by atoms with E-state index in [0.29, 0.717) is 29.3 Å². The van der Waals surface area contributed by atoms with Gasteiger partial charge < -0.3 is 10.5 Å². The fourth-order valence-corrected chi connectivity index (χ4v) is 2.14. The van der Waals surface area contributed by atoms with Crippen LogP contribution in [0.3, 0.4) is 0 Å². The van der Waals surface area contributed by atoms with Crippen molar-refractivity contribution in [3.05, 3.63) is 63.4 Å². The van der Waals surface area contributed by atoms with Crippen LogP contribution in [0.2, 0.25) is 10.0 Å². The number of benzene rings is 2. The van der Waals surface area contributed by atoms with Gasteiger partial charge in [0.25, 0.3) is 0 Å². The highest BCUT2D eigenvalue weighted by molar-refractivity contribution is 6.31. The molecule has 2 nitrogen and oxygen atoms in total. The Labute approximate surface area is 127 Å². The maximum Gasteiger partial charge on any atom is 0.142 e. The second-order valence-electron chi connectivity index (χ2n) is 4.33. The smallest absolute Gasteiger partial charge is 0.142 e. The molecule has 0 atom stereocenters. The van der Waals surface area contributed by atoms with Gasteiger partial charge in [0.2, 0.25) is 0 Å². The van der Waals surface area contributed by atoms with E-state index < -0.39 is 5.82 Å². The highest BCUT2D eigenvalue weighted by atomic mass is 35.5. The summed E-state index contributed by atoms with van der Waals surface area (Å²) in [5.41, 5.74) is 7.21. The second kappa shape index (κ2) is 6.93. The molecule has 0 fully saturated rings. The average Bonchev–Trinajstić information content (AvgIpc) is 2.42. The lowest BCUT2D eigenvalue weighted by molar-refractivity contribution is 0.302. The van der Waals surface area contributed by atoms with Crippen molar-refractivity contribution in [1.29, 1.82) is 0 Å². The molecule has 2 rings (SSSR count). The van der Waals surface area contributed by atoms with Crippen molar-refractivity contribution in [1.82, 2.24) is 0 Å². The first-order chi connectivity index (χ1) is 9.60. The summed E-state index contributed by atoms with van der Waals surface area (Å²) in [6.07, 6.45) is 0.672. The van der Waals surface area contributed by atoms with Crippen LogP contribution in [0.1, 0.15) is 11.1 Å². The molecule has 0 aliphatic carbocycles. The lowest BCUT2D eigenvalue weighted by Gasteiger charge is -2.12. The van der Waals surface area contributed by atoms with Crippen molar-refractivity contribution in [3.63, 3.8) is 0 Å². The summed E-state index contributed by atoms with van der Waals surface area (Å²) in [4.78, 5) is 0. The normalized spacial score (nSPS) is 10.6. The minimum Gasteiger partial charge on any atom is -0.489 e. The van der Waals surface area contributed by atoms with Crippen LogP contribution in [-0.4, -0.2) is 6.54 Å². The molecule has 2 aromatic rings. The van der Waals surface area contributed by atoms with Gasteiger partial charge in [0.05, 0.1) is 5.02 Å². The number of nitrogens with two attached hydrogens (primary N) is 1. The molecule has 2 N–H and O–H groups in total. The van der Waals surface area contributed by atoms with E-state index >= 15 is 0 Å². The van der Waals surface area contributed by atoms with E-state index in [9.17, 15) is 4.39 Å². The van der Waals surface area contributed by atoms with Crippen molar-refractivity contribution < 1.29 is 9.13 Å². The molecule has 0 saturated carbocycles. The predicted molar refractivity (Wildman–Crippen MR) is 80.0 cm³/mol. The quantitative estimate of drug-likeness (QED) is 0.897. The van der Waals surface area contributed by atoms with E-state index in [4.69, 9.17) is 33.7 Å². The highest BCUT2D eigenvalue weighted by Crippen LogP contribution is 2.24. The number of rotatable bonds is 5. The Morgan fingerprint density at radius 3 is 2.60 bits per heavy atom. The third kappa shape index (κ3) is 3.85. The molecular formula is C15H14Cl2FNO. The Morgan fingerprint density at radius 2 is 1.90 bits per heavy atom. The molecule has 0 bridgehead atoms. The molecule has 0 amide bonds. The molecule has 0 heterocycles. The van der Waals surface area contributed by atoms with Crippen LogP contribution in [0.5, 0.6) is 5.75 Å². The first kappa shape index (κ1) is 15.1. The Kier molecular flexibility index (Phi) is 5.24. The molecule has 5 heteroatoms. The first-order valence-corrected chi connectivity index (χ1v) is 6.91. The molecule has 0 aliphatic rings. The molecule has 20 heavy (non-hydrogen) atoms. The van der Waals surface area contributed by atoms with Crippen LogP contribution >= 0.6 is 23.2 Å². The van der Waals surface area contributed by atoms with Crippen molar-refractivity contribution in [2.75, 3.05) is 6.54 Å². The minimum atomic E-state index is -0.453. The van der Waals surface area contributed by atoms with Crippen molar-refractivity contribution >= 4 is 23.2 Å². The van der Waals surface area contributed by atoms with E-state index in [1.807, 2.05) is 6.07 Å². The van der Waals surface area contributed by atoms with Gasteiger partial charge >= 0.3 is 0 Å². The molecule has 0 unspecified atom stereocenters. The fraction of sp³-hybridized carbons (Fsp3) is 0.200. The maximum absolute atomic E-state index is 13.3. The topological polar surface area (TPSA) is 35.2 Å². The lowest BCUT2D eigenvalue weighted by atomic mass is 10.1. The Hall–Kier alpha value is -1.29. The number of hydrogen-bond acceptors (Lipinski definition) is 2. The zero-order chi connectivity index (χ0) is 14.5. The monoisotopic (exact) mass is 313 g/mol. The van der Waals surface area contributed by atoms with Gasteiger partial charge in [-0.1, -0.05) is 29.3 Å². The first-order valence-electron chi connectivity index (χ1n) is 6.15. The van der Waals surface area contributed by atoms with Crippen LogP contribution in [-0.2, 0) is 13.0 Å². The summed E-state index contributed by atoms with van der Waals surface area (Å²) in [6.45, 7) is 0.763. The Bertz CT molecular complexity index is 604. The van der Waals surface area contributed by atoms with Crippen LogP contribution < -0.4 is 10.5 Å². The van der Waals surface area contributed by atoms with Crippen molar-refractivity contribution in [2.45, 2.75) is 13.0 Å². The van der Waals surface area contributed by atoms with E-state index in [1.54, 1.807) is 18.2 Å². The van der Waals surface area contributed by atoms with E-state index in [0.717, 1.165) is 5.56 Å². The lowest BCUT2D eigenvalue weighted by Crippen LogP contribution is -2.05. The molecule has 0 aliphatic heterocycles. The summed E-state index contributed by atoms with van der Waals surface area (Å²) in [5.74, 6) is 0.251. The largest absolute Gasteiger partial charge is 0.489 e.